The zero-order chi connectivity index (χ0) is 20.9. The van der Waals surface area contributed by atoms with Crippen LogP contribution in [0.5, 0.6) is 0 Å². The normalized spacial score (nSPS) is 17.4. The molecule has 1 nitrogen and oxygen atoms in total. The maximum absolute atomic E-state index is 2.77. The number of benzene rings is 4. The molecule has 31 heavy (non-hydrogen) atoms. The van der Waals surface area contributed by atoms with Crippen LogP contribution in [0.4, 0.5) is 0 Å². The molecule has 1 aliphatic heterocycles. The first-order chi connectivity index (χ1) is 15.4. The second-order valence-electron chi connectivity index (χ2n) is 8.42. The standard InChI is InChI=1S/C30H29N/c1-5-15-25(16-6-1)29-23-13-14-24-31(29)30(26-17-7-2-8-18-26,27-19-9-3-10-20-27)28-21-11-4-12-22-28/h1-12,15-22,29H,13-14,23-24H2. The minimum atomic E-state index is -0.343. The fraction of sp³-hybridized carbons (Fsp3) is 0.200. The molecule has 0 saturated carbocycles. The molecular weight excluding hydrogens is 374 g/mol. The van der Waals surface area contributed by atoms with Crippen molar-refractivity contribution in [3.8, 4) is 0 Å². The summed E-state index contributed by atoms with van der Waals surface area (Å²) in [6, 6.07) is 44.7. The minimum absolute atomic E-state index is 0.343. The van der Waals surface area contributed by atoms with E-state index in [-0.39, 0.29) is 5.54 Å². The van der Waals surface area contributed by atoms with E-state index < -0.39 is 0 Å². The van der Waals surface area contributed by atoms with Gasteiger partial charge >= 0.3 is 0 Å². The monoisotopic (exact) mass is 403 g/mol. The van der Waals surface area contributed by atoms with Gasteiger partial charge in [-0.1, -0.05) is 128 Å². The summed E-state index contributed by atoms with van der Waals surface area (Å²) in [6.45, 7) is 1.07. The van der Waals surface area contributed by atoms with E-state index >= 15 is 0 Å². The maximum atomic E-state index is 2.77. The summed E-state index contributed by atoms with van der Waals surface area (Å²) in [6.07, 6.45) is 3.67. The quantitative estimate of drug-likeness (QED) is 0.318. The molecule has 4 aromatic carbocycles. The second kappa shape index (κ2) is 8.91. The zero-order valence-corrected chi connectivity index (χ0v) is 17.9. The van der Waals surface area contributed by atoms with Crippen LogP contribution < -0.4 is 0 Å². The highest BCUT2D eigenvalue weighted by molar-refractivity contribution is 5.50. The molecule has 1 heteroatoms. The Morgan fingerprint density at radius 1 is 0.516 bits per heavy atom. The van der Waals surface area contributed by atoms with Crippen LogP contribution in [-0.2, 0) is 5.54 Å². The van der Waals surface area contributed by atoms with Crippen LogP contribution in [-0.4, -0.2) is 11.4 Å². The molecule has 1 aliphatic rings. The lowest BCUT2D eigenvalue weighted by molar-refractivity contribution is 0.0640. The summed E-state index contributed by atoms with van der Waals surface area (Å²) in [5.74, 6) is 0. The van der Waals surface area contributed by atoms with E-state index in [0.29, 0.717) is 6.04 Å². The molecule has 0 spiro atoms. The molecule has 1 unspecified atom stereocenters. The van der Waals surface area contributed by atoms with Gasteiger partial charge in [0.2, 0.25) is 0 Å². The lowest BCUT2D eigenvalue weighted by Crippen LogP contribution is -2.51. The summed E-state index contributed by atoms with van der Waals surface area (Å²) in [5, 5.41) is 0. The minimum Gasteiger partial charge on any atom is -0.279 e. The van der Waals surface area contributed by atoms with Crippen LogP contribution in [0.2, 0.25) is 0 Å². The average molecular weight is 404 g/mol. The van der Waals surface area contributed by atoms with Crippen molar-refractivity contribution in [1.82, 2.24) is 4.90 Å². The van der Waals surface area contributed by atoms with Crippen molar-refractivity contribution >= 4 is 0 Å². The van der Waals surface area contributed by atoms with Crippen molar-refractivity contribution in [1.29, 1.82) is 0 Å². The van der Waals surface area contributed by atoms with Crippen LogP contribution in [0.3, 0.4) is 0 Å². The van der Waals surface area contributed by atoms with Crippen LogP contribution in [0, 0.1) is 0 Å². The third kappa shape index (κ3) is 3.60. The van der Waals surface area contributed by atoms with Gasteiger partial charge in [0.25, 0.3) is 0 Å². The SMILES string of the molecule is c1ccc(C2CCCCN2C(c2ccccc2)(c2ccccc2)c2ccccc2)cc1. The third-order valence-electron chi connectivity index (χ3n) is 6.69. The predicted octanol–water partition coefficient (Wildman–Crippen LogP) is 7.21. The Balaban J connectivity index is 1.81. The highest BCUT2D eigenvalue weighted by atomic mass is 15.2. The topological polar surface area (TPSA) is 3.24 Å². The van der Waals surface area contributed by atoms with E-state index in [9.17, 15) is 0 Å². The molecule has 0 bridgehead atoms. The van der Waals surface area contributed by atoms with E-state index in [1.807, 2.05) is 0 Å². The number of rotatable bonds is 5. The number of likely N-dealkylation sites (tertiary alicyclic amines) is 1. The van der Waals surface area contributed by atoms with Gasteiger partial charge in [0.1, 0.15) is 0 Å². The van der Waals surface area contributed by atoms with E-state index in [1.165, 1.54) is 41.5 Å². The van der Waals surface area contributed by atoms with E-state index in [4.69, 9.17) is 0 Å². The largest absolute Gasteiger partial charge is 0.279 e. The molecule has 0 aliphatic carbocycles. The van der Waals surface area contributed by atoms with Crippen molar-refractivity contribution in [2.45, 2.75) is 30.8 Å². The summed E-state index contributed by atoms with van der Waals surface area (Å²) in [5.41, 5.74) is 5.06. The van der Waals surface area contributed by atoms with Gasteiger partial charge in [-0.05, 0) is 35.1 Å². The van der Waals surface area contributed by atoms with Gasteiger partial charge in [0, 0.05) is 12.6 Å². The third-order valence-corrected chi connectivity index (χ3v) is 6.69. The van der Waals surface area contributed by atoms with Crippen LogP contribution in [0.1, 0.15) is 47.6 Å². The summed E-state index contributed by atoms with van der Waals surface area (Å²) >= 11 is 0. The lowest BCUT2D eigenvalue weighted by Gasteiger charge is -2.51. The molecule has 4 aromatic rings. The number of hydrogen-bond acceptors (Lipinski definition) is 1. The summed E-state index contributed by atoms with van der Waals surface area (Å²) < 4.78 is 0. The Bertz CT molecular complexity index is 978. The molecule has 154 valence electrons. The Labute approximate surface area is 186 Å². The molecule has 0 aromatic heterocycles. The number of piperidine rings is 1. The molecule has 0 amide bonds. The van der Waals surface area contributed by atoms with Gasteiger partial charge in [-0.2, -0.15) is 0 Å². The first kappa shape index (κ1) is 19.8. The van der Waals surface area contributed by atoms with Gasteiger partial charge in [0.05, 0.1) is 5.54 Å². The van der Waals surface area contributed by atoms with E-state index in [1.54, 1.807) is 0 Å². The molecule has 1 atom stereocenters. The Kier molecular flexibility index (Phi) is 5.69. The molecule has 1 heterocycles. The molecule has 1 saturated heterocycles. The van der Waals surface area contributed by atoms with Gasteiger partial charge in [-0.15, -0.1) is 0 Å². The molecule has 5 rings (SSSR count). The summed E-state index contributed by atoms with van der Waals surface area (Å²) in [7, 11) is 0. The second-order valence-corrected chi connectivity index (χ2v) is 8.42. The maximum Gasteiger partial charge on any atom is 0.0977 e. The van der Waals surface area contributed by atoms with Crippen molar-refractivity contribution in [3.05, 3.63) is 144 Å². The van der Waals surface area contributed by atoms with Crippen LogP contribution in [0.15, 0.2) is 121 Å². The van der Waals surface area contributed by atoms with Crippen LogP contribution >= 0.6 is 0 Å². The molecule has 1 fully saturated rings. The van der Waals surface area contributed by atoms with E-state index in [0.717, 1.165) is 6.54 Å². The smallest absolute Gasteiger partial charge is 0.0977 e. The van der Waals surface area contributed by atoms with Crippen molar-refractivity contribution < 1.29 is 0 Å². The first-order valence-corrected chi connectivity index (χ1v) is 11.4. The van der Waals surface area contributed by atoms with Gasteiger partial charge in [-0.3, -0.25) is 4.90 Å². The van der Waals surface area contributed by atoms with Gasteiger partial charge in [0.15, 0.2) is 0 Å². The number of hydrogen-bond donors (Lipinski definition) is 0. The summed E-state index contributed by atoms with van der Waals surface area (Å²) in [4.78, 5) is 2.77. The highest BCUT2D eigenvalue weighted by Gasteiger charge is 2.46. The highest BCUT2D eigenvalue weighted by Crippen LogP contribution is 2.48. The van der Waals surface area contributed by atoms with Gasteiger partial charge in [-0.25, -0.2) is 0 Å². The number of nitrogens with zero attached hydrogens (tertiary/aromatic N) is 1. The van der Waals surface area contributed by atoms with Crippen molar-refractivity contribution in [2.24, 2.45) is 0 Å². The van der Waals surface area contributed by atoms with Crippen molar-refractivity contribution in [3.63, 3.8) is 0 Å². The predicted molar refractivity (Wildman–Crippen MR) is 129 cm³/mol. The van der Waals surface area contributed by atoms with E-state index in [2.05, 4.69) is 126 Å². The Morgan fingerprint density at radius 3 is 1.39 bits per heavy atom. The fourth-order valence-corrected chi connectivity index (χ4v) is 5.39. The lowest BCUT2D eigenvalue weighted by atomic mass is 9.73. The van der Waals surface area contributed by atoms with Crippen LogP contribution in [0.25, 0.3) is 0 Å². The average Bonchev–Trinajstić information content (AvgIpc) is 2.87. The Morgan fingerprint density at radius 2 is 0.935 bits per heavy atom. The Hall–Kier alpha value is -3.16. The molecule has 0 radical (unpaired) electrons. The van der Waals surface area contributed by atoms with Crippen molar-refractivity contribution in [2.75, 3.05) is 6.54 Å². The fourth-order valence-electron chi connectivity index (χ4n) is 5.39. The molecule has 0 N–H and O–H groups in total. The van der Waals surface area contributed by atoms with Gasteiger partial charge < -0.3 is 0 Å². The first-order valence-electron chi connectivity index (χ1n) is 11.4. The zero-order valence-electron chi connectivity index (χ0n) is 17.9. The molecular formula is C30H29N.